The van der Waals surface area contributed by atoms with E-state index in [0.29, 0.717) is 18.8 Å². The smallest absolute Gasteiger partial charge is 0.335 e. The van der Waals surface area contributed by atoms with Crippen LogP contribution in [0.3, 0.4) is 0 Å². The maximum Gasteiger partial charge on any atom is 0.335 e. The number of benzene rings is 1. The molecule has 1 fully saturated rings. The van der Waals surface area contributed by atoms with Gasteiger partial charge in [-0.3, -0.25) is 4.90 Å². The van der Waals surface area contributed by atoms with Crippen LogP contribution in [0.5, 0.6) is 5.75 Å². The fraction of sp³-hybridized carbons (Fsp3) is 0.467. The van der Waals surface area contributed by atoms with Crippen LogP contribution in [0, 0.1) is 37.7 Å². The molecule has 0 amide bonds. The van der Waals surface area contributed by atoms with Gasteiger partial charge >= 0.3 is 5.97 Å². The third-order valence-electron chi connectivity index (χ3n) is 3.65. The molecule has 0 bridgehead atoms. The van der Waals surface area contributed by atoms with Gasteiger partial charge < -0.3 is 14.9 Å². The first-order valence-electron chi connectivity index (χ1n) is 6.92. The largest absolute Gasteiger partial charge is 0.566 e. The minimum absolute atomic E-state index is 0. The van der Waals surface area contributed by atoms with Crippen molar-refractivity contribution in [2.24, 2.45) is 0 Å². The van der Waals surface area contributed by atoms with Gasteiger partial charge in [-0.05, 0) is 43.8 Å². The first-order valence-corrected chi connectivity index (χ1v) is 7.35. The van der Waals surface area contributed by atoms with E-state index in [0.717, 1.165) is 26.1 Å². The molecule has 1 saturated heterocycles. The Balaban J connectivity index is 0.00000242. The van der Waals surface area contributed by atoms with E-state index >= 15 is 0 Å². The first-order chi connectivity index (χ1) is 10.1. The molecule has 120 valence electrons. The van der Waals surface area contributed by atoms with E-state index in [-0.39, 0.29) is 48.1 Å². The second-order valence-electron chi connectivity index (χ2n) is 5.02. The topological polar surface area (TPSA) is 70.0 Å². The van der Waals surface area contributed by atoms with E-state index in [2.05, 4.69) is 4.90 Å². The molecule has 2 rings (SSSR count). The molecular weight excluding hydrogens is 532 g/mol. The molecule has 1 aliphatic heterocycles. The van der Waals surface area contributed by atoms with Gasteiger partial charge in [-0.1, -0.05) is 0 Å². The van der Waals surface area contributed by atoms with E-state index in [9.17, 15) is 4.79 Å². The standard InChI is InChI=1S/C15H19ClNO4.U/c16-13-6-8-17(7-1-9-18)14(13)10-21-12-4-2-11(3-5-12)15(19)20;/h2-5,9,13-14,18H,1,6-8,10H2,(H,19,20);/q-1;/t13-,14-;/m0./s1. The molecule has 1 heterocycles. The van der Waals surface area contributed by atoms with Crippen LogP contribution < -0.4 is 4.74 Å². The molecule has 7 heteroatoms. The number of aliphatic hydroxyl groups excluding tert-OH is 1. The molecule has 22 heavy (non-hydrogen) atoms. The second-order valence-corrected chi connectivity index (χ2v) is 5.58. The molecule has 0 unspecified atom stereocenters. The van der Waals surface area contributed by atoms with Crippen molar-refractivity contribution >= 4 is 17.6 Å². The second kappa shape index (κ2) is 9.79. The summed E-state index contributed by atoms with van der Waals surface area (Å²) in [6, 6.07) is 6.43. The van der Waals surface area contributed by atoms with Crippen molar-refractivity contribution in [2.45, 2.75) is 24.3 Å². The van der Waals surface area contributed by atoms with Crippen LogP contribution in [0.25, 0.3) is 0 Å². The van der Waals surface area contributed by atoms with Gasteiger partial charge in [-0.15, -0.1) is 18.0 Å². The summed E-state index contributed by atoms with van der Waals surface area (Å²) in [5.74, 6) is -0.325. The van der Waals surface area contributed by atoms with Crippen LogP contribution in [0.2, 0.25) is 0 Å². The Labute approximate surface area is 159 Å². The van der Waals surface area contributed by atoms with Crippen LogP contribution in [0.4, 0.5) is 0 Å². The predicted molar refractivity (Wildman–Crippen MR) is 79.4 cm³/mol. The van der Waals surface area contributed by atoms with Crippen LogP contribution in [0.1, 0.15) is 23.2 Å². The van der Waals surface area contributed by atoms with Crippen molar-refractivity contribution in [2.75, 3.05) is 19.7 Å². The number of halogens is 1. The molecule has 1 aliphatic rings. The quantitative estimate of drug-likeness (QED) is 0.403. The zero-order valence-electron chi connectivity index (χ0n) is 12.1. The van der Waals surface area contributed by atoms with Crippen LogP contribution >= 0.6 is 11.6 Å². The monoisotopic (exact) mass is 550 g/mol. The van der Waals surface area contributed by atoms with Gasteiger partial charge in [0, 0.05) is 31.1 Å². The Morgan fingerprint density at radius 2 is 2.09 bits per heavy atom. The maximum atomic E-state index is 10.8. The van der Waals surface area contributed by atoms with Gasteiger partial charge in [-0.25, -0.2) is 11.4 Å². The summed E-state index contributed by atoms with van der Waals surface area (Å²) in [5, 5.41) is 17.7. The van der Waals surface area contributed by atoms with Gasteiger partial charge in [0.25, 0.3) is 0 Å². The summed E-state index contributed by atoms with van der Waals surface area (Å²) in [6.07, 6.45) is 1.51. The molecule has 2 atom stereocenters. The van der Waals surface area contributed by atoms with Crippen LogP contribution in [-0.4, -0.2) is 52.2 Å². The summed E-state index contributed by atoms with van der Waals surface area (Å²) in [7, 11) is 0. The number of rotatable bonds is 7. The van der Waals surface area contributed by atoms with E-state index < -0.39 is 5.97 Å². The Hall–Kier alpha value is -0.248. The number of hydrogen-bond acceptors (Lipinski definition) is 4. The molecule has 0 aromatic heterocycles. The van der Waals surface area contributed by atoms with Crippen molar-refractivity contribution in [3.05, 3.63) is 36.4 Å². The van der Waals surface area contributed by atoms with Crippen LogP contribution in [-0.2, 0) is 0 Å². The molecule has 0 radical (unpaired) electrons. The molecule has 0 aliphatic carbocycles. The van der Waals surface area contributed by atoms with Crippen LogP contribution in [0.15, 0.2) is 24.3 Å². The number of ether oxygens (including phenoxy) is 1. The summed E-state index contributed by atoms with van der Waals surface area (Å²) >= 11 is 6.31. The molecule has 5 nitrogen and oxygen atoms in total. The molecule has 1 aromatic carbocycles. The summed E-state index contributed by atoms with van der Waals surface area (Å²) in [4.78, 5) is 13.0. The van der Waals surface area contributed by atoms with Gasteiger partial charge in [-0.2, -0.15) is 0 Å². The Morgan fingerprint density at radius 3 is 2.68 bits per heavy atom. The van der Waals surface area contributed by atoms with E-state index in [4.69, 9.17) is 26.6 Å². The Morgan fingerprint density at radius 1 is 1.41 bits per heavy atom. The average molecular weight is 551 g/mol. The minimum atomic E-state index is -0.954. The Kier molecular flexibility index (Phi) is 8.81. The molecule has 0 saturated carbocycles. The summed E-state index contributed by atoms with van der Waals surface area (Å²) in [6.45, 7) is 3.26. The van der Waals surface area contributed by atoms with Gasteiger partial charge in [0.2, 0.25) is 0 Å². The number of carbonyl (C=O) groups is 1. The summed E-state index contributed by atoms with van der Waals surface area (Å²) in [5.41, 5.74) is 0.235. The number of carboxylic acids is 1. The maximum absolute atomic E-state index is 10.8. The fourth-order valence-corrected chi connectivity index (χ4v) is 2.79. The van der Waals surface area contributed by atoms with Gasteiger partial charge in [0.1, 0.15) is 12.4 Å². The first kappa shape index (κ1) is 19.8. The SMILES string of the molecule is O=C(O)c1ccc(OC[C@H]2[C@@H](Cl)CCN2CC[CH-]O)cc1.[U]. The third kappa shape index (κ3) is 5.43. The van der Waals surface area contributed by atoms with E-state index in [1.807, 2.05) is 0 Å². The normalized spacial score (nSPS) is 21.4. The van der Waals surface area contributed by atoms with Gasteiger partial charge in [0.05, 0.1) is 17.0 Å². The fourth-order valence-electron chi connectivity index (χ4n) is 2.46. The zero-order valence-corrected chi connectivity index (χ0v) is 17.0. The zero-order chi connectivity index (χ0) is 15.2. The number of aliphatic hydroxyl groups is 1. The number of aromatic carboxylic acids is 1. The van der Waals surface area contributed by atoms with Crippen molar-refractivity contribution < 1.29 is 50.9 Å². The van der Waals surface area contributed by atoms with E-state index in [1.54, 1.807) is 12.1 Å². The predicted octanol–water partition coefficient (Wildman–Crippen LogP) is 2.37. The molecular formula is C15H19ClNO4U-. The van der Waals surface area contributed by atoms with E-state index in [1.165, 1.54) is 12.1 Å². The number of likely N-dealkylation sites (tertiary alicyclic amines) is 1. The number of carboxylic acid groups (broad SMARTS) is 1. The number of nitrogens with zero attached hydrogens (tertiary/aromatic N) is 1. The van der Waals surface area contributed by atoms with Crippen molar-refractivity contribution in [3.63, 3.8) is 0 Å². The number of alkyl halides is 1. The number of hydrogen-bond donors (Lipinski definition) is 2. The Bertz CT molecular complexity index is 471. The average Bonchev–Trinajstić information content (AvgIpc) is 2.83. The van der Waals surface area contributed by atoms with Gasteiger partial charge in [0.15, 0.2) is 0 Å². The molecule has 2 N–H and O–H groups in total. The molecule has 0 spiro atoms. The molecule has 1 aromatic rings. The van der Waals surface area contributed by atoms with Crippen molar-refractivity contribution in [3.8, 4) is 5.75 Å². The van der Waals surface area contributed by atoms with Crippen molar-refractivity contribution in [1.82, 2.24) is 4.90 Å². The van der Waals surface area contributed by atoms with Crippen molar-refractivity contribution in [1.29, 1.82) is 0 Å². The minimum Gasteiger partial charge on any atom is -0.566 e. The third-order valence-corrected chi connectivity index (χ3v) is 4.16. The summed E-state index contributed by atoms with van der Waals surface area (Å²) < 4.78 is 5.71.